The lowest BCUT2D eigenvalue weighted by Gasteiger charge is -2.03. The Kier molecular flexibility index (Phi) is 19.4. The largest absolute Gasteiger partial charge is 0.317 e. The molecular formula is C13H28BrN. The molecule has 0 bridgehead atoms. The summed E-state index contributed by atoms with van der Waals surface area (Å²) in [6.07, 6.45) is 12.6. The Bertz CT molecular complexity index is 115. The Labute approximate surface area is 106 Å². The summed E-state index contributed by atoms with van der Waals surface area (Å²) in [6.45, 7) is 8.39. The third kappa shape index (κ3) is 16.8. The quantitative estimate of drug-likeness (QED) is 0.434. The van der Waals surface area contributed by atoms with E-state index in [0.717, 1.165) is 0 Å². The van der Waals surface area contributed by atoms with Gasteiger partial charge in [0.1, 0.15) is 0 Å². The van der Waals surface area contributed by atoms with Crippen molar-refractivity contribution < 1.29 is 0 Å². The zero-order valence-corrected chi connectivity index (χ0v) is 12.0. The molecule has 0 saturated heterocycles. The van der Waals surface area contributed by atoms with Gasteiger partial charge in [0.05, 0.1) is 0 Å². The molecular weight excluding hydrogens is 250 g/mol. The van der Waals surface area contributed by atoms with Crippen LogP contribution < -0.4 is 5.32 Å². The summed E-state index contributed by atoms with van der Waals surface area (Å²) in [5.74, 6) is 0. The second-order valence-corrected chi connectivity index (χ2v) is 3.95. The molecule has 1 nitrogen and oxygen atoms in total. The molecule has 0 amide bonds. The van der Waals surface area contributed by atoms with Crippen molar-refractivity contribution in [3.63, 3.8) is 0 Å². The van der Waals surface area contributed by atoms with Crippen LogP contribution in [-0.4, -0.2) is 13.1 Å². The molecule has 0 aromatic heterocycles. The zero-order chi connectivity index (χ0) is 10.5. The van der Waals surface area contributed by atoms with E-state index in [1.54, 1.807) is 0 Å². The summed E-state index contributed by atoms with van der Waals surface area (Å²) in [4.78, 5) is 0. The first kappa shape index (κ1) is 17.6. The van der Waals surface area contributed by atoms with Crippen molar-refractivity contribution in [3.8, 4) is 0 Å². The molecule has 0 aliphatic heterocycles. The second kappa shape index (κ2) is 16.6. The molecule has 0 aliphatic carbocycles. The van der Waals surface area contributed by atoms with Crippen LogP contribution in [0.15, 0.2) is 12.7 Å². The number of unbranched alkanes of at least 4 members (excludes halogenated alkanes) is 6. The highest BCUT2D eigenvalue weighted by Crippen LogP contribution is 1.99. The molecule has 0 fully saturated rings. The molecule has 0 heterocycles. The highest BCUT2D eigenvalue weighted by molar-refractivity contribution is 8.93. The summed E-state index contributed by atoms with van der Waals surface area (Å²) >= 11 is 0. The first-order valence-corrected chi connectivity index (χ1v) is 6.23. The molecule has 0 aromatic carbocycles. The van der Waals surface area contributed by atoms with Gasteiger partial charge in [-0.3, -0.25) is 0 Å². The third-order valence-corrected chi connectivity index (χ3v) is 2.47. The van der Waals surface area contributed by atoms with Crippen LogP contribution in [0, 0.1) is 0 Å². The fraction of sp³-hybridized carbons (Fsp3) is 0.846. The van der Waals surface area contributed by atoms with Gasteiger partial charge >= 0.3 is 0 Å². The van der Waals surface area contributed by atoms with E-state index in [2.05, 4.69) is 18.8 Å². The number of hydrogen-bond acceptors (Lipinski definition) is 1. The van der Waals surface area contributed by atoms with Crippen LogP contribution in [0.1, 0.15) is 58.3 Å². The number of halogens is 1. The van der Waals surface area contributed by atoms with Crippen molar-refractivity contribution in [2.24, 2.45) is 0 Å². The predicted octanol–water partition coefficient (Wildman–Crippen LogP) is 4.48. The van der Waals surface area contributed by atoms with Crippen molar-refractivity contribution in [3.05, 3.63) is 12.7 Å². The van der Waals surface area contributed by atoms with Crippen LogP contribution in [0.4, 0.5) is 0 Å². The van der Waals surface area contributed by atoms with Crippen LogP contribution in [0.2, 0.25) is 0 Å². The number of allylic oxidation sites excluding steroid dienone is 1. The van der Waals surface area contributed by atoms with E-state index in [1.807, 2.05) is 6.08 Å². The maximum atomic E-state index is 3.72. The van der Waals surface area contributed by atoms with E-state index in [0.29, 0.717) is 0 Å². The molecule has 0 saturated carbocycles. The molecule has 0 atom stereocenters. The summed E-state index contributed by atoms with van der Waals surface area (Å²) in [7, 11) is 0. The highest BCUT2D eigenvalue weighted by atomic mass is 79.9. The Morgan fingerprint density at radius 1 is 0.933 bits per heavy atom. The molecule has 0 radical (unpaired) electrons. The first-order valence-electron chi connectivity index (χ1n) is 6.23. The average Bonchev–Trinajstić information content (AvgIpc) is 2.21. The van der Waals surface area contributed by atoms with Gasteiger partial charge in [-0.15, -0.1) is 23.6 Å². The van der Waals surface area contributed by atoms with E-state index in [-0.39, 0.29) is 17.0 Å². The monoisotopic (exact) mass is 277 g/mol. The molecule has 1 N–H and O–H groups in total. The van der Waals surface area contributed by atoms with Crippen LogP contribution in [-0.2, 0) is 0 Å². The van der Waals surface area contributed by atoms with Gasteiger partial charge in [-0.2, -0.15) is 0 Å². The molecule has 0 rings (SSSR count). The Morgan fingerprint density at radius 2 is 1.53 bits per heavy atom. The molecule has 0 aromatic rings. The summed E-state index contributed by atoms with van der Waals surface area (Å²) in [6, 6.07) is 0. The van der Waals surface area contributed by atoms with Crippen LogP contribution in [0.25, 0.3) is 0 Å². The summed E-state index contributed by atoms with van der Waals surface area (Å²) in [5, 5.41) is 3.50. The second-order valence-electron chi connectivity index (χ2n) is 3.95. The maximum Gasteiger partial charge on any atom is -0.00489 e. The van der Waals surface area contributed by atoms with Gasteiger partial charge in [-0.1, -0.05) is 38.7 Å². The van der Waals surface area contributed by atoms with Gasteiger partial charge in [-0.05, 0) is 38.8 Å². The minimum absolute atomic E-state index is 0. The lowest BCUT2D eigenvalue weighted by atomic mass is 10.2. The zero-order valence-electron chi connectivity index (χ0n) is 10.3. The summed E-state index contributed by atoms with van der Waals surface area (Å²) < 4.78 is 0. The molecule has 0 aliphatic rings. The normalized spacial score (nSPS) is 9.67. The van der Waals surface area contributed by atoms with Crippen LogP contribution in [0.5, 0.6) is 0 Å². The minimum Gasteiger partial charge on any atom is -0.317 e. The van der Waals surface area contributed by atoms with Gasteiger partial charge in [-0.25, -0.2) is 0 Å². The van der Waals surface area contributed by atoms with Crippen molar-refractivity contribution in [1.29, 1.82) is 0 Å². The number of nitrogens with one attached hydrogen (secondary N) is 1. The van der Waals surface area contributed by atoms with E-state index in [1.165, 1.54) is 64.5 Å². The lowest BCUT2D eigenvalue weighted by molar-refractivity contribution is 0.568. The molecule has 2 heteroatoms. The van der Waals surface area contributed by atoms with E-state index < -0.39 is 0 Å². The Morgan fingerprint density at radius 3 is 2.07 bits per heavy atom. The van der Waals surface area contributed by atoms with Gasteiger partial charge in [0.15, 0.2) is 0 Å². The Hall–Kier alpha value is 0.180. The van der Waals surface area contributed by atoms with Gasteiger partial charge < -0.3 is 5.32 Å². The summed E-state index contributed by atoms with van der Waals surface area (Å²) in [5.41, 5.74) is 0. The fourth-order valence-corrected chi connectivity index (χ4v) is 1.52. The fourth-order valence-electron chi connectivity index (χ4n) is 1.52. The van der Waals surface area contributed by atoms with Crippen molar-refractivity contribution in [2.75, 3.05) is 13.1 Å². The van der Waals surface area contributed by atoms with Crippen molar-refractivity contribution >= 4 is 17.0 Å². The van der Waals surface area contributed by atoms with E-state index in [4.69, 9.17) is 0 Å². The first-order chi connectivity index (χ1) is 6.91. The standard InChI is InChI=1S/C13H27N.BrH/c1-3-5-7-9-11-13-14-12-10-8-6-4-2;/h3,14H,1,4-13H2,2H3;1H. The molecule has 15 heavy (non-hydrogen) atoms. The smallest absolute Gasteiger partial charge is 0.00489 e. The number of rotatable bonds is 11. The van der Waals surface area contributed by atoms with Crippen molar-refractivity contribution in [2.45, 2.75) is 58.3 Å². The highest BCUT2D eigenvalue weighted by Gasteiger charge is 1.89. The third-order valence-electron chi connectivity index (χ3n) is 2.47. The van der Waals surface area contributed by atoms with E-state index >= 15 is 0 Å². The molecule has 0 spiro atoms. The van der Waals surface area contributed by atoms with E-state index in [9.17, 15) is 0 Å². The van der Waals surface area contributed by atoms with Crippen LogP contribution in [0.3, 0.4) is 0 Å². The van der Waals surface area contributed by atoms with Gasteiger partial charge in [0.25, 0.3) is 0 Å². The van der Waals surface area contributed by atoms with Crippen molar-refractivity contribution in [1.82, 2.24) is 5.32 Å². The predicted molar refractivity (Wildman–Crippen MR) is 76.0 cm³/mol. The molecule has 0 unspecified atom stereocenters. The minimum atomic E-state index is 0. The topological polar surface area (TPSA) is 12.0 Å². The number of hydrogen-bond donors (Lipinski definition) is 1. The molecule has 92 valence electrons. The Balaban J connectivity index is 0. The SMILES string of the molecule is Br.C=CCCCCCNCCCCCC. The average molecular weight is 278 g/mol. The lowest BCUT2D eigenvalue weighted by Crippen LogP contribution is -2.16. The van der Waals surface area contributed by atoms with Crippen LogP contribution >= 0.6 is 17.0 Å². The van der Waals surface area contributed by atoms with Gasteiger partial charge in [0.2, 0.25) is 0 Å². The van der Waals surface area contributed by atoms with Gasteiger partial charge in [0, 0.05) is 0 Å². The maximum absolute atomic E-state index is 3.72.